The van der Waals surface area contributed by atoms with Gasteiger partial charge in [-0.25, -0.2) is 9.37 Å². The van der Waals surface area contributed by atoms with Crippen molar-refractivity contribution >= 4 is 17.6 Å². The number of anilines is 1. The quantitative estimate of drug-likeness (QED) is 0.435. The van der Waals surface area contributed by atoms with Crippen LogP contribution in [0.15, 0.2) is 67.1 Å². The number of halogens is 1. The number of carbonyl (C=O) groups is 2. The van der Waals surface area contributed by atoms with Crippen LogP contribution in [0.25, 0.3) is 22.3 Å². The van der Waals surface area contributed by atoms with Crippen molar-refractivity contribution in [1.82, 2.24) is 25.0 Å². The number of likely N-dealkylation sites (tertiary alicyclic amines) is 1. The van der Waals surface area contributed by atoms with Crippen molar-refractivity contribution in [2.75, 3.05) is 18.8 Å². The number of benzene rings is 2. The SMILES string of the molecule is Cc1cc(-c2ccc(C(=O)N3CC[C@@H](NC(=O)c4cc(-c5cnn(C)c5)cnc4N)C3)cc2)ccc1F. The van der Waals surface area contributed by atoms with Crippen LogP contribution >= 0.6 is 0 Å². The minimum absolute atomic E-state index is 0.0988. The number of nitrogen functional groups attached to an aromatic ring is 1. The van der Waals surface area contributed by atoms with Crippen LogP contribution in [0.2, 0.25) is 0 Å². The molecule has 2 amide bonds. The maximum atomic E-state index is 13.6. The molecule has 0 saturated carbocycles. The summed E-state index contributed by atoms with van der Waals surface area (Å²) >= 11 is 0. The van der Waals surface area contributed by atoms with Crippen LogP contribution in [0.3, 0.4) is 0 Å². The van der Waals surface area contributed by atoms with Gasteiger partial charge >= 0.3 is 0 Å². The molecule has 9 heteroatoms. The largest absolute Gasteiger partial charge is 0.383 e. The molecule has 0 unspecified atom stereocenters. The molecule has 1 aliphatic heterocycles. The van der Waals surface area contributed by atoms with Gasteiger partial charge in [-0.2, -0.15) is 5.10 Å². The molecule has 3 N–H and O–H groups in total. The average molecular weight is 499 g/mol. The van der Waals surface area contributed by atoms with Gasteiger partial charge < -0.3 is 16.0 Å². The smallest absolute Gasteiger partial charge is 0.255 e. The molecule has 8 nitrogen and oxygen atoms in total. The predicted molar refractivity (Wildman–Crippen MR) is 139 cm³/mol. The zero-order valence-electron chi connectivity index (χ0n) is 20.6. The van der Waals surface area contributed by atoms with Crippen molar-refractivity contribution in [2.45, 2.75) is 19.4 Å². The van der Waals surface area contributed by atoms with Gasteiger partial charge in [-0.1, -0.05) is 18.2 Å². The Morgan fingerprint density at radius 3 is 2.49 bits per heavy atom. The minimum Gasteiger partial charge on any atom is -0.383 e. The van der Waals surface area contributed by atoms with E-state index in [1.165, 1.54) is 6.07 Å². The lowest BCUT2D eigenvalue weighted by Crippen LogP contribution is -2.38. The number of rotatable bonds is 5. The van der Waals surface area contributed by atoms with E-state index in [1.807, 2.05) is 25.4 Å². The first-order valence-electron chi connectivity index (χ1n) is 12.0. The first kappa shape index (κ1) is 24.2. The number of nitrogens with one attached hydrogen (secondary N) is 1. The summed E-state index contributed by atoms with van der Waals surface area (Å²) in [4.78, 5) is 32.0. The Balaban J connectivity index is 1.23. The van der Waals surface area contributed by atoms with E-state index in [-0.39, 0.29) is 35.1 Å². The van der Waals surface area contributed by atoms with Crippen LogP contribution in [-0.2, 0) is 7.05 Å². The fraction of sp³-hybridized carbons (Fsp3) is 0.214. The van der Waals surface area contributed by atoms with Crippen molar-refractivity contribution in [3.05, 3.63) is 89.6 Å². The zero-order chi connectivity index (χ0) is 26.1. The molecule has 2 aromatic carbocycles. The highest BCUT2D eigenvalue weighted by Gasteiger charge is 2.29. The summed E-state index contributed by atoms with van der Waals surface area (Å²) in [5, 5.41) is 7.15. The first-order valence-corrected chi connectivity index (χ1v) is 12.0. The molecule has 1 aliphatic rings. The zero-order valence-corrected chi connectivity index (χ0v) is 20.6. The number of nitrogens with two attached hydrogens (primary N) is 1. The van der Waals surface area contributed by atoms with E-state index in [9.17, 15) is 14.0 Å². The molecule has 3 heterocycles. The van der Waals surface area contributed by atoms with E-state index >= 15 is 0 Å². The molecule has 1 fully saturated rings. The molecule has 1 saturated heterocycles. The molecule has 0 radical (unpaired) electrons. The molecule has 37 heavy (non-hydrogen) atoms. The molecule has 5 rings (SSSR count). The Labute approximate surface area is 213 Å². The highest BCUT2D eigenvalue weighted by atomic mass is 19.1. The van der Waals surface area contributed by atoms with Crippen LogP contribution < -0.4 is 11.1 Å². The van der Waals surface area contributed by atoms with Crippen LogP contribution in [0, 0.1) is 12.7 Å². The number of amides is 2. The number of hydrogen-bond donors (Lipinski definition) is 2. The second kappa shape index (κ2) is 9.85. The highest BCUT2D eigenvalue weighted by Crippen LogP contribution is 2.24. The fourth-order valence-corrected chi connectivity index (χ4v) is 4.52. The number of aromatic nitrogens is 3. The molecule has 188 valence electrons. The van der Waals surface area contributed by atoms with E-state index in [1.54, 1.807) is 59.2 Å². The van der Waals surface area contributed by atoms with Gasteiger partial charge in [0.25, 0.3) is 11.8 Å². The van der Waals surface area contributed by atoms with Gasteiger partial charge in [0, 0.05) is 55.3 Å². The molecule has 0 aliphatic carbocycles. The number of pyridine rings is 1. The van der Waals surface area contributed by atoms with Gasteiger partial charge in [-0.15, -0.1) is 0 Å². The maximum absolute atomic E-state index is 13.6. The van der Waals surface area contributed by atoms with Crippen molar-refractivity contribution in [1.29, 1.82) is 0 Å². The molecule has 0 bridgehead atoms. The van der Waals surface area contributed by atoms with Crippen LogP contribution in [0.5, 0.6) is 0 Å². The standard InChI is InChI=1S/C28H27FN6O2/c1-17-11-20(7-8-25(17)29)18-3-5-19(6-4-18)28(37)35-10-9-23(16-35)33-27(36)24-12-21(13-31-26(24)30)22-14-32-34(2)15-22/h3-8,11-15,23H,9-10,16H2,1-2H3,(H2,30,31)(H,33,36)/t23-/m1/s1. The molecular weight excluding hydrogens is 471 g/mol. The Morgan fingerprint density at radius 2 is 1.78 bits per heavy atom. The van der Waals surface area contributed by atoms with E-state index < -0.39 is 0 Å². The maximum Gasteiger partial charge on any atom is 0.255 e. The summed E-state index contributed by atoms with van der Waals surface area (Å²) in [6, 6.07) is 13.7. The van der Waals surface area contributed by atoms with Gasteiger partial charge in [-0.05, 0) is 60.4 Å². The number of carbonyl (C=O) groups excluding carboxylic acids is 2. The molecule has 4 aromatic rings. The lowest BCUT2D eigenvalue weighted by Gasteiger charge is -2.18. The topological polar surface area (TPSA) is 106 Å². The van der Waals surface area contributed by atoms with E-state index in [0.29, 0.717) is 30.6 Å². The molecule has 0 spiro atoms. The minimum atomic E-state index is -0.325. The lowest BCUT2D eigenvalue weighted by molar-refractivity contribution is 0.0783. The second-order valence-corrected chi connectivity index (χ2v) is 9.31. The summed E-state index contributed by atoms with van der Waals surface area (Å²) in [6.07, 6.45) is 5.78. The Kier molecular flexibility index (Phi) is 6.43. The van der Waals surface area contributed by atoms with Gasteiger partial charge in [0.15, 0.2) is 0 Å². The third-order valence-corrected chi connectivity index (χ3v) is 6.64. The summed E-state index contributed by atoms with van der Waals surface area (Å²) in [5.74, 6) is -0.522. The number of hydrogen-bond acceptors (Lipinski definition) is 5. The van der Waals surface area contributed by atoms with Gasteiger partial charge in [-0.3, -0.25) is 14.3 Å². The molecular formula is C28H27FN6O2. The van der Waals surface area contributed by atoms with Crippen LogP contribution in [0.1, 0.15) is 32.7 Å². The first-order chi connectivity index (χ1) is 17.8. The average Bonchev–Trinajstić information content (AvgIpc) is 3.55. The predicted octanol–water partition coefficient (Wildman–Crippen LogP) is 3.82. The lowest BCUT2D eigenvalue weighted by atomic mass is 10.0. The van der Waals surface area contributed by atoms with Gasteiger partial charge in [0.05, 0.1) is 11.8 Å². The van der Waals surface area contributed by atoms with Crippen LogP contribution in [-0.4, -0.2) is 50.6 Å². The Bertz CT molecular complexity index is 1480. The van der Waals surface area contributed by atoms with Crippen molar-refractivity contribution in [2.24, 2.45) is 7.05 Å². The Morgan fingerprint density at radius 1 is 1.03 bits per heavy atom. The summed E-state index contributed by atoms with van der Waals surface area (Å²) < 4.78 is 15.3. The van der Waals surface area contributed by atoms with E-state index in [4.69, 9.17) is 5.73 Å². The van der Waals surface area contributed by atoms with Crippen molar-refractivity contribution in [3.8, 4) is 22.3 Å². The summed E-state index contributed by atoms with van der Waals surface area (Å²) in [7, 11) is 1.82. The van der Waals surface area contributed by atoms with E-state index in [2.05, 4.69) is 15.4 Å². The molecule has 1 atom stereocenters. The summed E-state index contributed by atoms with van der Waals surface area (Å²) in [5.41, 5.74) is 10.8. The van der Waals surface area contributed by atoms with E-state index in [0.717, 1.165) is 22.3 Å². The van der Waals surface area contributed by atoms with Crippen molar-refractivity contribution in [3.63, 3.8) is 0 Å². The summed E-state index contributed by atoms with van der Waals surface area (Å²) in [6.45, 7) is 2.66. The van der Waals surface area contributed by atoms with Crippen molar-refractivity contribution < 1.29 is 14.0 Å². The highest BCUT2D eigenvalue weighted by molar-refractivity contribution is 6.00. The third kappa shape index (κ3) is 5.06. The normalized spacial score (nSPS) is 15.1. The van der Waals surface area contributed by atoms with Gasteiger partial charge in [0.1, 0.15) is 11.6 Å². The van der Waals surface area contributed by atoms with Crippen LogP contribution in [0.4, 0.5) is 10.2 Å². The monoisotopic (exact) mass is 498 g/mol. The fourth-order valence-electron chi connectivity index (χ4n) is 4.52. The van der Waals surface area contributed by atoms with Gasteiger partial charge in [0.2, 0.25) is 0 Å². The number of nitrogens with zero attached hydrogens (tertiary/aromatic N) is 4. The number of aryl methyl sites for hydroxylation is 2. The molecule has 2 aromatic heterocycles. The second-order valence-electron chi connectivity index (χ2n) is 9.31. The Hall–Kier alpha value is -4.53. The third-order valence-electron chi connectivity index (χ3n) is 6.64.